The summed E-state index contributed by atoms with van der Waals surface area (Å²) in [5.74, 6) is 1.21. The van der Waals surface area contributed by atoms with E-state index in [-0.39, 0.29) is 5.52 Å². The molecular formula is C26H26BF3N2O2. The van der Waals surface area contributed by atoms with Crippen molar-refractivity contribution in [1.82, 2.24) is 9.97 Å². The third-order valence-electron chi connectivity index (χ3n) is 8.23. The summed E-state index contributed by atoms with van der Waals surface area (Å²) in [6, 6.07) is 8.88. The zero-order valence-corrected chi connectivity index (χ0v) is 19.7. The van der Waals surface area contributed by atoms with E-state index in [1.54, 1.807) is 6.20 Å². The second-order valence-electron chi connectivity index (χ2n) is 10.8. The number of hydrogen-bond donors (Lipinski definition) is 0. The van der Waals surface area contributed by atoms with E-state index in [1.807, 2.05) is 33.8 Å². The zero-order valence-electron chi connectivity index (χ0n) is 19.7. The first kappa shape index (κ1) is 22.0. The molecule has 3 aliphatic rings. The molecule has 1 aromatic carbocycles. The van der Waals surface area contributed by atoms with Crippen molar-refractivity contribution in [3.8, 4) is 11.3 Å². The van der Waals surface area contributed by atoms with Crippen molar-refractivity contribution >= 4 is 23.5 Å². The van der Waals surface area contributed by atoms with Gasteiger partial charge in [-0.1, -0.05) is 12.1 Å². The van der Waals surface area contributed by atoms with Crippen LogP contribution in [0, 0.1) is 0 Å². The first-order valence-electron chi connectivity index (χ1n) is 11.8. The fourth-order valence-corrected chi connectivity index (χ4v) is 5.66. The number of benzene rings is 1. The predicted octanol–water partition coefficient (Wildman–Crippen LogP) is 5.98. The fraction of sp³-hybridized carbons (Fsp3) is 0.462. The molecule has 2 bridgehead atoms. The molecular weight excluding hydrogens is 440 g/mol. The van der Waals surface area contributed by atoms with Gasteiger partial charge in [0.25, 0.3) is 0 Å². The van der Waals surface area contributed by atoms with Crippen molar-refractivity contribution in [2.24, 2.45) is 0 Å². The average molecular weight is 466 g/mol. The monoisotopic (exact) mass is 466 g/mol. The van der Waals surface area contributed by atoms with Gasteiger partial charge in [-0.3, -0.25) is 4.98 Å². The van der Waals surface area contributed by atoms with Gasteiger partial charge in [0.2, 0.25) is 0 Å². The van der Waals surface area contributed by atoms with Gasteiger partial charge in [-0.15, -0.1) is 0 Å². The maximum atomic E-state index is 13.6. The molecule has 2 unspecified atom stereocenters. The molecule has 1 aliphatic heterocycles. The lowest BCUT2D eigenvalue weighted by atomic mass is 9.78. The normalized spacial score (nSPS) is 24.7. The summed E-state index contributed by atoms with van der Waals surface area (Å²) in [5.41, 5.74) is 2.70. The van der Waals surface area contributed by atoms with Gasteiger partial charge in [-0.05, 0) is 88.1 Å². The molecule has 0 radical (unpaired) electrons. The lowest BCUT2D eigenvalue weighted by Gasteiger charge is -2.32. The molecule has 2 aliphatic carbocycles. The van der Waals surface area contributed by atoms with Crippen LogP contribution in [0.5, 0.6) is 0 Å². The summed E-state index contributed by atoms with van der Waals surface area (Å²) in [4.78, 5) is 8.77. The van der Waals surface area contributed by atoms with E-state index in [0.29, 0.717) is 28.4 Å². The van der Waals surface area contributed by atoms with Crippen LogP contribution in [-0.4, -0.2) is 28.3 Å². The van der Waals surface area contributed by atoms with Crippen LogP contribution in [0.1, 0.15) is 75.6 Å². The van der Waals surface area contributed by atoms with Gasteiger partial charge in [0.1, 0.15) is 5.69 Å². The summed E-state index contributed by atoms with van der Waals surface area (Å²) < 4.78 is 53.0. The van der Waals surface area contributed by atoms with Crippen molar-refractivity contribution in [2.45, 2.75) is 76.2 Å². The Hall–Kier alpha value is -2.45. The molecule has 176 valence electrons. The second-order valence-corrected chi connectivity index (χ2v) is 10.8. The van der Waals surface area contributed by atoms with Gasteiger partial charge in [0.05, 0.1) is 22.4 Å². The summed E-state index contributed by atoms with van der Waals surface area (Å²) in [5, 5.41) is 0.559. The lowest BCUT2D eigenvalue weighted by molar-refractivity contribution is -0.140. The van der Waals surface area contributed by atoms with Crippen LogP contribution in [0.25, 0.3) is 22.2 Å². The van der Waals surface area contributed by atoms with Crippen molar-refractivity contribution in [3.05, 3.63) is 53.3 Å². The van der Waals surface area contributed by atoms with E-state index in [9.17, 15) is 13.2 Å². The highest BCUT2D eigenvalue weighted by molar-refractivity contribution is 6.65. The number of alkyl halides is 3. The molecule has 0 amide bonds. The van der Waals surface area contributed by atoms with Crippen LogP contribution in [0.4, 0.5) is 13.2 Å². The SMILES string of the molecule is CC1(C)OB(c2cnc(-c3ccc4c(c3)C3CCC4C3)c3ccc(C(F)(F)F)nc23)OC1(C)C. The Balaban J connectivity index is 1.52. The minimum Gasteiger partial charge on any atom is -0.399 e. The Morgan fingerprint density at radius 2 is 1.62 bits per heavy atom. The number of halogens is 3. The average Bonchev–Trinajstić information content (AvgIpc) is 3.44. The summed E-state index contributed by atoms with van der Waals surface area (Å²) in [6.45, 7) is 7.63. The standard InChI is InChI=1S/C26H26BF3N2O2/c1-24(2)25(3,4)34-27(33-24)20-13-31-22(18-9-10-21(26(28,29)30)32-23(18)20)16-7-8-17-14-5-6-15(11-14)19(17)12-16/h7-10,12-15H,5-6,11H2,1-4H3. The van der Waals surface area contributed by atoms with Crippen molar-refractivity contribution in [2.75, 3.05) is 0 Å². The van der Waals surface area contributed by atoms with Crippen molar-refractivity contribution in [1.29, 1.82) is 0 Å². The van der Waals surface area contributed by atoms with Gasteiger partial charge in [-0.25, -0.2) is 4.98 Å². The van der Waals surface area contributed by atoms with E-state index < -0.39 is 30.2 Å². The molecule has 0 spiro atoms. The highest BCUT2D eigenvalue weighted by Gasteiger charge is 2.52. The molecule has 3 heterocycles. The first-order valence-corrected chi connectivity index (χ1v) is 11.8. The van der Waals surface area contributed by atoms with E-state index in [0.717, 1.165) is 11.6 Å². The smallest absolute Gasteiger partial charge is 0.399 e. The number of rotatable bonds is 2. The van der Waals surface area contributed by atoms with Gasteiger partial charge >= 0.3 is 13.3 Å². The van der Waals surface area contributed by atoms with E-state index in [1.165, 1.54) is 36.5 Å². The molecule has 2 fully saturated rings. The van der Waals surface area contributed by atoms with Gasteiger partial charge < -0.3 is 9.31 Å². The van der Waals surface area contributed by atoms with E-state index in [4.69, 9.17) is 14.3 Å². The first-order chi connectivity index (χ1) is 15.9. The maximum Gasteiger partial charge on any atom is 0.498 e. The lowest BCUT2D eigenvalue weighted by Crippen LogP contribution is -2.41. The maximum absolute atomic E-state index is 13.6. The highest BCUT2D eigenvalue weighted by atomic mass is 19.4. The van der Waals surface area contributed by atoms with Crippen LogP contribution in [0.3, 0.4) is 0 Å². The molecule has 2 atom stereocenters. The number of nitrogens with zero attached hydrogens (tertiary/aromatic N) is 2. The Morgan fingerprint density at radius 1 is 0.941 bits per heavy atom. The minimum absolute atomic E-state index is 0.209. The van der Waals surface area contributed by atoms with Gasteiger partial charge in [0.15, 0.2) is 0 Å². The topological polar surface area (TPSA) is 44.2 Å². The third-order valence-corrected chi connectivity index (χ3v) is 8.23. The number of aromatic nitrogens is 2. The molecule has 1 saturated heterocycles. The molecule has 6 rings (SSSR count). The Bertz CT molecular complexity index is 1310. The van der Waals surface area contributed by atoms with Gasteiger partial charge in [0, 0.05) is 22.6 Å². The van der Waals surface area contributed by atoms with Crippen LogP contribution >= 0.6 is 0 Å². The largest absolute Gasteiger partial charge is 0.498 e. The molecule has 8 heteroatoms. The minimum atomic E-state index is -4.56. The fourth-order valence-electron chi connectivity index (χ4n) is 5.66. The van der Waals surface area contributed by atoms with Crippen LogP contribution in [0.2, 0.25) is 0 Å². The Labute approximate surface area is 197 Å². The molecule has 1 saturated carbocycles. The molecule has 3 aromatic rings. The van der Waals surface area contributed by atoms with Crippen LogP contribution in [-0.2, 0) is 15.5 Å². The quantitative estimate of drug-likeness (QED) is 0.436. The number of hydrogen-bond acceptors (Lipinski definition) is 4. The molecule has 2 aromatic heterocycles. The number of pyridine rings is 2. The van der Waals surface area contributed by atoms with Crippen LogP contribution < -0.4 is 5.46 Å². The van der Waals surface area contributed by atoms with E-state index in [2.05, 4.69) is 17.1 Å². The predicted molar refractivity (Wildman–Crippen MR) is 125 cm³/mol. The van der Waals surface area contributed by atoms with Crippen LogP contribution in [0.15, 0.2) is 36.5 Å². The van der Waals surface area contributed by atoms with Crippen molar-refractivity contribution in [3.63, 3.8) is 0 Å². The summed E-state index contributed by atoms with van der Waals surface area (Å²) >= 11 is 0. The molecule has 34 heavy (non-hydrogen) atoms. The zero-order chi connectivity index (χ0) is 24.0. The van der Waals surface area contributed by atoms with E-state index >= 15 is 0 Å². The summed E-state index contributed by atoms with van der Waals surface area (Å²) in [6.07, 6.45) is 0.645. The highest BCUT2D eigenvalue weighted by Crippen LogP contribution is 2.53. The second kappa shape index (κ2) is 7.04. The Kier molecular flexibility index (Phi) is 4.57. The van der Waals surface area contributed by atoms with Crippen molar-refractivity contribution < 1.29 is 22.5 Å². The summed E-state index contributed by atoms with van der Waals surface area (Å²) in [7, 11) is -0.860. The van der Waals surface area contributed by atoms with Gasteiger partial charge in [-0.2, -0.15) is 13.2 Å². The molecule has 4 nitrogen and oxygen atoms in total. The number of fused-ring (bicyclic) bond motifs is 6. The molecule has 0 N–H and O–H groups in total. The third kappa shape index (κ3) is 3.22. The Morgan fingerprint density at radius 3 is 2.29 bits per heavy atom.